The van der Waals surface area contributed by atoms with E-state index in [9.17, 15) is 18.0 Å². The van der Waals surface area contributed by atoms with Crippen molar-refractivity contribution in [3.63, 3.8) is 0 Å². The van der Waals surface area contributed by atoms with Gasteiger partial charge in [-0.1, -0.05) is 30.3 Å². The van der Waals surface area contributed by atoms with Gasteiger partial charge < -0.3 is 19.5 Å². The van der Waals surface area contributed by atoms with E-state index in [0.717, 1.165) is 23.7 Å². The molecule has 0 saturated carbocycles. The Hall–Kier alpha value is -4.63. The fourth-order valence-electron chi connectivity index (χ4n) is 5.74. The zero-order valence-electron chi connectivity index (χ0n) is 26.6. The molecule has 2 aliphatic heterocycles. The number of anilines is 1. The summed E-state index contributed by atoms with van der Waals surface area (Å²) in [5.41, 5.74) is 0.102. The molecule has 2 aliphatic rings. The van der Waals surface area contributed by atoms with E-state index in [-0.39, 0.29) is 23.3 Å². The Morgan fingerprint density at radius 2 is 1.83 bits per heavy atom. The first kappa shape index (κ1) is 32.3. The van der Waals surface area contributed by atoms with Gasteiger partial charge in [-0.25, -0.2) is 23.4 Å². The zero-order chi connectivity index (χ0) is 33.2. The van der Waals surface area contributed by atoms with Crippen molar-refractivity contribution in [3.8, 4) is 0 Å². The molecule has 15 heteroatoms. The van der Waals surface area contributed by atoms with Crippen molar-refractivity contribution < 1.29 is 22.7 Å². The maximum atomic E-state index is 13.6. The minimum absolute atomic E-state index is 0.0323. The number of hydrogen-bond donors (Lipinski definition) is 3. The average molecular weight is 662 g/mol. The molecule has 1 fully saturated rings. The number of rotatable bonds is 8. The summed E-state index contributed by atoms with van der Waals surface area (Å²) < 4.78 is 37.0. The minimum atomic E-state index is -4.12. The van der Waals surface area contributed by atoms with Gasteiger partial charge in [0.05, 0.1) is 17.8 Å². The van der Waals surface area contributed by atoms with Crippen LogP contribution in [0, 0.1) is 5.92 Å². The van der Waals surface area contributed by atoms with Crippen LogP contribution in [0.25, 0.3) is 21.9 Å². The van der Waals surface area contributed by atoms with E-state index in [2.05, 4.69) is 40.2 Å². The number of piperidine rings is 1. The van der Waals surface area contributed by atoms with Crippen molar-refractivity contribution in [2.24, 2.45) is 10.9 Å². The van der Waals surface area contributed by atoms with E-state index < -0.39 is 27.6 Å². The molecule has 1 saturated heterocycles. The van der Waals surface area contributed by atoms with Crippen LogP contribution in [0.4, 0.5) is 5.82 Å². The second kappa shape index (κ2) is 13.2. The van der Waals surface area contributed by atoms with Crippen molar-refractivity contribution in [1.29, 1.82) is 0 Å². The molecule has 1 amide bonds. The minimum Gasteiger partial charge on any atom is -0.459 e. The summed E-state index contributed by atoms with van der Waals surface area (Å²) in [6.07, 6.45) is 5.14. The molecule has 248 valence electrons. The molecule has 2 aromatic heterocycles. The van der Waals surface area contributed by atoms with E-state index >= 15 is 0 Å². The van der Waals surface area contributed by atoms with E-state index in [0.29, 0.717) is 55.4 Å². The average Bonchev–Trinajstić information content (AvgIpc) is 3.46. The monoisotopic (exact) mass is 661 g/mol. The smallest absolute Gasteiger partial charge is 0.326 e. The number of carbonyl (C=O) groups excluding carboxylic acids is 2. The van der Waals surface area contributed by atoms with Gasteiger partial charge in [0.25, 0.3) is 0 Å². The molecular weight excluding hydrogens is 622 g/mol. The van der Waals surface area contributed by atoms with Crippen LogP contribution in [0.5, 0.6) is 0 Å². The first-order chi connectivity index (χ1) is 22.5. The first-order valence-electron chi connectivity index (χ1n) is 15.7. The quantitative estimate of drug-likeness (QED) is 0.238. The number of esters is 1. The topological polar surface area (TPSA) is 173 Å². The number of imidazole rings is 1. The lowest BCUT2D eigenvalue weighted by Gasteiger charge is -2.32. The van der Waals surface area contributed by atoms with Crippen molar-refractivity contribution >= 4 is 55.6 Å². The standard InChI is InChI=1S/C32H39N9O5S/c1-32(2,3)46-30(43)25(39-47(44,45)24-10-9-21-7-4-5-8-23(21)17-24)18-41-20-37-26-27(35-19-36-28(26)41)40-15-11-22(12-16-40)29(42)38-31-33-13-6-14-34-31/h4-5,7-10,17,19-20,22,25,39H,6,11-16,18H2,1-3H3,(H2,33,34,38,42)/t25-/m0/s1. The third-order valence-electron chi connectivity index (χ3n) is 8.09. The lowest BCUT2D eigenvalue weighted by Crippen LogP contribution is -2.48. The number of nitrogens with one attached hydrogen (secondary N) is 3. The van der Waals surface area contributed by atoms with Gasteiger partial charge in [-0.2, -0.15) is 4.72 Å². The summed E-state index contributed by atoms with van der Waals surface area (Å²) in [5.74, 6) is 0.215. The maximum absolute atomic E-state index is 13.6. The van der Waals surface area contributed by atoms with Crippen molar-refractivity contribution in [3.05, 3.63) is 55.1 Å². The van der Waals surface area contributed by atoms with Crippen LogP contribution in [-0.4, -0.2) is 83.6 Å². The number of fused-ring (bicyclic) bond motifs is 2. The number of amides is 1. The summed E-state index contributed by atoms with van der Waals surface area (Å²) in [4.78, 5) is 46.2. The summed E-state index contributed by atoms with van der Waals surface area (Å²) in [6, 6.07) is 11.0. The van der Waals surface area contributed by atoms with Crippen molar-refractivity contribution in [2.45, 2.75) is 63.1 Å². The van der Waals surface area contributed by atoms with Gasteiger partial charge in [0.1, 0.15) is 18.0 Å². The normalized spacial score (nSPS) is 16.8. The van der Waals surface area contributed by atoms with Crippen LogP contribution in [0.2, 0.25) is 0 Å². The molecule has 1 atom stereocenters. The van der Waals surface area contributed by atoms with Crippen LogP contribution in [0.1, 0.15) is 40.0 Å². The van der Waals surface area contributed by atoms with Crippen LogP contribution < -0.4 is 20.3 Å². The number of hydrogen-bond acceptors (Lipinski definition) is 11. The first-order valence-corrected chi connectivity index (χ1v) is 17.2. The van der Waals surface area contributed by atoms with E-state index in [4.69, 9.17) is 4.74 Å². The number of aromatic nitrogens is 4. The Morgan fingerprint density at radius 3 is 2.55 bits per heavy atom. The predicted octanol–water partition coefficient (Wildman–Crippen LogP) is 2.35. The molecule has 4 heterocycles. The van der Waals surface area contributed by atoms with Gasteiger partial charge in [0.2, 0.25) is 15.9 Å². The van der Waals surface area contributed by atoms with Gasteiger partial charge in [0.15, 0.2) is 22.9 Å². The number of aliphatic imine (C=N–C) groups is 1. The molecule has 3 N–H and O–H groups in total. The Morgan fingerprint density at radius 1 is 1.06 bits per heavy atom. The summed E-state index contributed by atoms with van der Waals surface area (Å²) in [5, 5.41) is 7.68. The van der Waals surface area contributed by atoms with Crippen molar-refractivity contribution in [1.82, 2.24) is 34.9 Å². The fourth-order valence-corrected chi connectivity index (χ4v) is 6.95. The van der Waals surface area contributed by atoms with Crippen LogP contribution in [-0.2, 0) is 30.9 Å². The zero-order valence-corrected chi connectivity index (χ0v) is 27.5. The number of sulfonamides is 1. The Balaban J connectivity index is 1.20. The molecule has 14 nitrogen and oxygen atoms in total. The molecule has 47 heavy (non-hydrogen) atoms. The number of guanidine groups is 1. The van der Waals surface area contributed by atoms with E-state index in [1.807, 2.05) is 24.3 Å². The van der Waals surface area contributed by atoms with Crippen LogP contribution in [0.15, 0.2) is 65.0 Å². The van der Waals surface area contributed by atoms with Gasteiger partial charge >= 0.3 is 5.97 Å². The molecule has 4 aromatic rings. The third kappa shape index (κ3) is 7.52. The number of carbonyl (C=O) groups is 2. The third-order valence-corrected chi connectivity index (χ3v) is 9.55. The highest BCUT2D eigenvalue weighted by Gasteiger charge is 2.32. The number of benzene rings is 2. The molecule has 0 unspecified atom stereocenters. The highest BCUT2D eigenvalue weighted by molar-refractivity contribution is 7.89. The Bertz CT molecular complexity index is 1930. The predicted molar refractivity (Wildman–Crippen MR) is 177 cm³/mol. The Labute approximate surface area is 273 Å². The lowest BCUT2D eigenvalue weighted by molar-refractivity contribution is -0.157. The van der Waals surface area contributed by atoms with Gasteiger partial charge in [0, 0.05) is 32.1 Å². The van der Waals surface area contributed by atoms with Crippen LogP contribution in [0.3, 0.4) is 0 Å². The molecule has 2 aromatic carbocycles. The summed E-state index contributed by atoms with van der Waals surface area (Å²) in [6.45, 7) is 7.72. The summed E-state index contributed by atoms with van der Waals surface area (Å²) >= 11 is 0. The second-order valence-electron chi connectivity index (χ2n) is 12.7. The largest absolute Gasteiger partial charge is 0.459 e. The van der Waals surface area contributed by atoms with Crippen molar-refractivity contribution in [2.75, 3.05) is 31.1 Å². The van der Waals surface area contributed by atoms with Gasteiger partial charge in [-0.05, 0) is 62.9 Å². The highest BCUT2D eigenvalue weighted by atomic mass is 32.2. The molecular formula is C32H39N9O5S. The SMILES string of the molecule is CC(C)(C)OC(=O)[C@H](Cn1cnc2c(N3CCC(C(=O)NC4=NCCCN4)CC3)ncnc21)NS(=O)(=O)c1ccc2ccccc2c1. The van der Waals surface area contributed by atoms with Gasteiger partial charge in [-0.15, -0.1) is 0 Å². The fraction of sp³-hybridized carbons (Fsp3) is 0.438. The Kier molecular flexibility index (Phi) is 9.10. The molecule has 0 aliphatic carbocycles. The molecule has 0 radical (unpaired) electrons. The summed E-state index contributed by atoms with van der Waals surface area (Å²) in [7, 11) is -4.12. The number of ether oxygens (including phenoxy) is 1. The van der Waals surface area contributed by atoms with E-state index in [1.54, 1.807) is 37.5 Å². The highest BCUT2D eigenvalue weighted by Crippen LogP contribution is 2.27. The molecule has 0 spiro atoms. The second-order valence-corrected chi connectivity index (χ2v) is 14.5. The molecule has 6 rings (SSSR count). The van der Waals surface area contributed by atoms with Crippen LogP contribution >= 0.6 is 0 Å². The lowest BCUT2D eigenvalue weighted by atomic mass is 9.96. The van der Waals surface area contributed by atoms with Gasteiger partial charge in [-0.3, -0.25) is 19.9 Å². The maximum Gasteiger partial charge on any atom is 0.326 e. The molecule has 0 bridgehead atoms. The number of nitrogens with zero attached hydrogens (tertiary/aromatic N) is 6. The van der Waals surface area contributed by atoms with E-state index in [1.165, 1.54) is 18.7 Å².